The van der Waals surface area contributed by atoms with Gasteiger partial charge in [-0.1, -0.05) is 0 Å². The van der Waals surface area contributed by atoms with Gasteiger partial charge in [-0.05, 0) is 64.2 Å². The van der Waals surface area contributed by atoms with Gasteiger partial charge in [0.15, 0.2) is 5.82 Å². The third-order valence-corrected chi connectivity index (χ3v) is 2.42. The third-order valence-electron chi connectivity index (χ3n) is 1.70. The van der Waals surface area contributed by atoms with Crippen LogP contribution in [0.3, 0.4) is 0 Å². The molecule has 66 valence electrons. The van der Waals surface area contributed by atoms with Crippen LogP contribution < -0.4 is 0 Å². The van der Waals surface area contributed by atoms with Crippen LogP contribution in [0.15, 0.2) is 24.3 Å². The fourth-order valence-electron chi connectivity index (χ4n) is 1.05. The molecule has 1 aromatic heterocycles. The van der Waals surface area contributed by atoms with E-state index in [1.807, 2.05) is 31.2 Å². The van der Waals surface area contributed by atoms with Crippen molar-refractivity contribution in [1.82, 2.24) is 20.2 Å². The average Bonchev–Trinajstić information content (AvgIpc) is 2.53. The van der Waals surface area contributed by atoms with Crippen LogP contribution >= 0.6 is 22.6 Å². The summed E-state index contributed by atoms with van der Waals surface area (Å²) in [4.78, 5) is 0. The normalized spacial score (nSPS) is 10.3. The summed E-state index contributed by atoms with van der Waals surface area (Å²) in [5, 5.41) is 11.3. The molecule has 4 nitrogen and oxygen atoms in total. The van der Waals surface area contributed by atoms with E-state index < -0.39 is 0 Å². The summed E-state index contributed by atoms with van der Waals surface area (Å²) in [6, 6.07) is 8.03. The van der Waals surface area contributed by atoms with Gasteiger partial charge in [-0.15, -0.1) is 5.10 Å². The molecule has 1 heterocycles. The predicted octanol–water partition coefficient (Wildman–Crippen LogP) is 1.58. The molecule has 2 aromatic rings. The van der Waals surface area contributed by atoms with Gasteiger partial charge in [-0.3, -0.25) is 0 Å². The standard InChI is InChI=1S/C8H7IN4/c1-6-10-11-12-13(6)8-4-2-7(9)3-5-8/h2-5H,1H3. The van der Waals surface area contributed by atoms with Crippen LogP contribution in [0.1, 0.15) is 5.82 Å². The molecule has 0 atom stereocenters. The van der Waals surface area contributed by atoms with E-state index in [4.69, 9.17) is 0 Å². The zero-order chi connectivity index (χ0) is 9.26. The maximum atomic E-state index is 3.87. The van der Waals surface area contributed by atoms with Crippen LogP contribution in [-0.4, -0.2) is 20.2 Å². The maximum absolute atomic E-state index is 3.87. The third kappa shape index (κ3) is 1.69. The maximum Gasteiger partial charge on any atom is 0.153 e. The van der Waals surface area contributed by atoms with Crippen molar-refractivity contribution in [3.63, 3.8) is 0 Å². The summed E-state index contributed by atoms with van der Waals surface area (Å²) in [5.74, 6) is 0.793. The first-order valence-electron chi connectivity index (χ1n) is 3.78. The van der Waals surface area contributed by atoms with Crippen molar-refractivity contribution in [2.45, 2.75) is 6.92 Å². The number of rotatable bonds is 1. The Morgan fingerprint density at radius 2 is 1.92 bits per heavy atom. The highest BCUT2D eigenvalue weighted by atomic mass is 127. The van der Waals surface area contributed by atoms with E-state index in [1.165, 1.54) is 3.57 Å². The first-order chi connectivity index (χ1) is 6.27. The van der Waals surface area contributed by atoms with Crippen molar-refractivity contribution < 1.29 is 0 Å². The summed E-state index contributed by atoms with van der Waals surface area (Å²) < 4.78 is 2.91. The van der Waals surface area contributed by atoms with E-state index in [-0.39, 0.29) is 0 Å². The van der Waals surface area contributed by atoms with E-state index >= 15 is 0 Å². The van der Waals surface area contributed by atoms with Crippen molar-refractivity contribution in [2.24, 2.45) is 0 Å². The molecule has 0 N–H and O–H groups in total. The molecule has 0 aliphatic carbocycles. The molecule has 0 aliphatic heterocycles. The van der Waals surface area contributed by atoms with Crippen LogP contribution in [0.5, 0.6) is 0 Å². The Kier molecular flexibility index (Phi) is 2.26. The smallest absolute Gasteiger partial charge is 0.153 e. The molecule has 0 fully saturated rings. The fraction of sp³-hybridized carbons (Fsp3) is 0.125. The first-order valence-corrected chi connectivity index (χ1v) is 4.86. The van der Waals surface area contributed by atoms with Crippen molar-refractivity contribution in [2.75, 3.05) is 0 Å². The van der Waals surface area contributed by atoms with Gasteiger partial charge < -0.3 is 0 Å². The Labute approximate surface area is 89.1 Å². The number of aromatic nitrogens is 4. The summed E-state index contributed by atoms with van der Waals surface area (Å²) in [6.45, 7) is 1.87. The lowest BCUT2D eigenvalue weighted by Gasteiger charge is -2.00. The molecular weight excluding hydrogens is 279 g/mol. The number of aryl methyl sites for hydroxylation is 1. The molecule has 0 unspecified atom stereocenters. The van der Waals surface area contributed by atoms with Gasteiger partial charge >= 0.3 is 0 Å². The fourth-order valence-corrected chi connectivity index (χ4v) is 1.41. The lowest BCUT2D eigenvalue weighted by molar-refractivity contribution is 0.779. The minimum absolute atomic E-state index is 0.793. The van der Waals surface area contributed by atoms with E-state index in [9.17, 15) is 0 Å². The quantitative estimate of drug-likeness (QED) is 0.747. The molecule has 0 saturated carbocycles. The number of benzene rings is 1. The van der Waals surface area contributed by atoms with Gasteiger partial charge in [0, 0.05) is 3.57 Å². The van der Waals surface area contributed by atoms with Crippen molar-refractivity contribution in [3.05, 3.63) is 33.7 Å². The molecule has 0 aliphatic rings. The second-order valence-corrected chi connectivity index (χ2v) is 3.86. The molecule has 0 amide bonds. The number of tetrazole rings is 1. The van der Waals surface area contributed by atoms with Gasteiger partial charge in [-0.2, -0.15) is 4.68 Å². The minimum Gasteiger partial charge on any atom is -0.198 e. The van der Waals surface area contributed by atoms with Crippen LogP contribution in [0, 0.1) is 10.5 Å². The van der Waals surface area contributed by atoms with Crippen molar-refractivity contribution in [3.8, 4) is 5.69 Å². The van der Waals surface area contributed by atoms with Crippen LogP contribution in [0.25, 0.3) is 5.69 Å². The number of hydrogen-bond acceptors (Lipinski definition) is 3. The summed E-state index contributed by atoms with van der Waals surface area (Å²) in [6.07, 6.45) is 0. The van der Waals surface area contributed by atoms with Crippen LogP contribution in [0.4, 0.5) is 0 Å². The Hall–Kier alpha value is -0.980. The zero-order valence-corrected chi connectivity index (χ0v) is 9.13. The van der Waals surface area contributed by atoms with E-state index in [0.717, 1.165) is 11.5 Å². The predicted molar refractivity (Wildman–Crippen MR) is 56.6 cm³/mol. The SMILES string of the molecule is Cc1nnnn1-c1ccc(I)cc1. The highest BCUT2D eigenvalue weighted by molar-refractivity contribution is 14.1. The highest BCUT2D eigenvalue weighted by Crippen LogP contribution is 2.10. The van der Waals surface area contributed by atoms with Gasteiger partial charge in [0.25, 0.3) is 0 Å². The average molecular weight is 286 g/mol. The molecule has 0 saturated heterocycles. The van der Waals surface area contributed by atoms with Gasteiger partial charge in [0.1, 0.15) is 0 Å². The molecule has 1 aromatic carbocycles. The second kappa shape index (κ2) is 3.41. The summed E-state index contributed by atoms with van der Waals surface area (Å²) in [7, 11) is 0. The summed E-state index contributed by atoms with van der Waals surface area (Å²) >= 11 is 2.26. The number of nitrogens with zero attached hydrogens (tertiary/aromatic N) is 4. The van der Waals surface area contributed by atoms with Crippen molar-refractivity contribution >= 4 is 22.6 Å². The van der Waals surface area contributed by atoms with Gasteiger partial charge in [-0.25, -0.2) is 0 Å². The van der Waals surface area contributed by atoms with Crippen molar-refractivity contribution in [1.29, 1.82) is 0 Å². The van der Waals surface area contributed by atoms with Crippen LogP contribution in [0.2, 0.25) is 0 Å². The molecule has 13 heavy (non-hydrogen) atoms. The molecule has 0 spiro atoms. The Bertz CT molecular complexity index is 406. The molecule has 5 heteroatoms. The van der Waals surface area contributed by atoms with Gasteiger partial charge in [0.05, 0.1) is 5.69 Å². The highest BCUT2D eigenvalue weighted by Gasteiger charge is 2.01. The minimum atomic E-state index is 0.793. The lowest BCUT2D eigenvalue weighted by atomic mass is 10.3. The van der Waals surface area contributed by atoms with Crippen LogP contribution in [-0.2, 0) is 0 Å². The zero-order valence-electron chi connectivity index (χ0n) is 6.98. The second-order valence-electron chi connectivity index (χ2n) is 2.61. The van der Waals surface area contributed by atoms with E-state index in [1.54, 1.807) is 4.68 Å². The van der Waals surface area contributed by atoms with E-state index in [2.05, 4.69) is 38.1 Å². The summed E-state index contributed by atoms with van der Waals surface area (Å²) in [5.41, 5.74) is 0.989. The first kappa shape index (κ1) is 8.61. The Morgan fingerprint density at radius 1 is 1.23 bits per heavy atom. The topological polar surface area (TPSA) is 43.6 Å². The Balaban J connectivity index is 2.47. The molecular formula is C8H7IN4. The number of halogens is 1. The lowest BCUT2D eigenvalue weighted by Crippen LogP contribution is -1.98. The molecule has 2 rings (SSSR count). The Morgan fingerprint density at radius 3 is 2.46 bits per heavy atom. The largest absolute Gasteiger partial charge is 0.198 e. The molecule has 0 radical (unpaired) electrons. The number of hydrogen-bond donors (Lipinski definition) is 0. The van der Waals surface area contributed by atoms with E-state index in [0.29, 0.717) is 0 Å². The monoisotopic (exact) mass is 286 g/mol. The molecule has 0 bridgehead atoms. The van der Waals surface area contributed by atoms with Gasteiger partial charge in [0.2, 0.25) is 0 Å².